The molecule has 0 atom stereocenters. The summed E-state index contributed by atoms with van der Waals surface area (Å²) in [5.74, 6) is -1.89. The largest absolute Gasteiger partial charge is 0.466 e. The molecule has 1 N–H and O–H groups in total. The highest BCUT2D eigenvalue weighted by molar-refractivity contribution is 5.99. The summed E-state index contributed by atoms with van der Waals surface area (Å²) >= 11 is 0. The Hall–Kier alpha value is -2.57. The molecule has 7 heteroatoms. The highest BCUT2D eigenvalue weighted by atomic mass is 19.1. The first kappa shape index (κ1) is 17.8. The number of esters is 2. The maximum atomic E-state index is 13.7. The first-order valence-electron chi connectivity index (χ1n) is 7.74. The SMILES string of the molecule is COC(=O)/C=C(/Nc1cc(F)ccc1N1CCCCC1)C(=O)OC. The lowest BCUT2D eigenvalue weighted by Gasteiger charge is -2.30. The van der Waals surface area contributed by atoms with Crippen molar-refractivity contribution in [3.63, 3.8) is 0 Å². The number of ether oxygens (including phenoxy) is 2. The van der Waals surface area contributed by atoms with Crippen LogP contribution in [0.25, 0.3) is 0 Å². The first-order valence-corrected chi connectivity index (χ1v) is 7.74. The topological polar surface area (TPSA) is 67.9 Å². The number of rotatable bonds is 5. The molecular weight excluding hydrogens is 315 g/mol. The number of methoxy groups -OCH3 is 2. The molecule has 0 bridgehead atoms. The molecule has 1 aliphatic rings. The molecule has 1 heterocycles. The monoisotopic (exact) mass is 336 g/mol. The minimum absolute atomic E-state index is 0.117. The molecule has 1 aromatic carbocycles. The Kier molecular flexibility index (Phi) is 6.17. The Morgan fingerprint density at radius 2 is 1.88 bits per heavy atom. The van der Waals surface area contributed by atoms with E-state index in [2.05, 4.69) is 19.7 Å². The molecule has 24 heavy (non-hydrogen) atoms. The highest BCUT2D eigenvalue weighted by Crippen LogP contribution is 2.30. The molecular formula is C17H21FN2O4. The third-order valence-electron chi connectivity index (χ3n) is 3.79. The smallest absolute Gasteiger partial charge is 0.354 e. The molecule has 0 saturated carbocycles. The van der Waals surface area contributed by atoms with Crippen LogP contribution >= 0.6 is 0 Å². The van der Waals surface area contributed by atoms with Gasteiger partial charge in [-0.1, -0.05) is 0 Å². The summed E-state index contributed by atoms with van der Waals surface area (Å²) in [5, 5.41) is 2.81. The van der Waals surface area contributed by atoms with E-state index < -0.39 is 17.8 Å². The standard InChI is InChI=1S/C17H21FN2O4/c1-23-16(21)11-14(17(22)24-2)19-13-10-12(18)6-7-15(13)20-8-4-3-5-9-20/h6-7,10-11,19H,3-5,8-9H2,1-2H3/b14-11+. The number of carbonyl (C=O) groups excluding carboxylic acids is 2. The minimum atomic E-state index is -0.741. The fourth-order valence-corrected chi connectivity index (χ4v) is 2.60. The summed E-state index contributed by atoms with van der Waals surface area (Å²) in [7, 11) is 2.40. The number of halogens is 1. The zero-order valence-electron chi connectivity index (χ0n) is 13.8. The van der Waals surface area contributed by atoms with E-state index in [4.69, 9.17) is 0 Å². The molecule has 1 saturated heterocycles. The van der Waals surface area contributed by atoms with Gasteiger partial charge in [0.1, 0.15) is 11.5 Å². The third kappa shape index (κ3) is 4.47. The van der Waals surface area contributed by atoms with Crippen LogP contribution in [0, 0.1) is 5.82 Å². The van der Waals surface area contributed by atoms with Crippen molar-refractivity contribution in [3.05, 3.63) is 35.8 Å². The second-order valence-corrected chi connectivity index (χ2v) is 5.41. The molecule has 0 aliphatic carbocycles. The number of carbonyl (C=O) groups is 2. The number of nitrogens with one attached hydrogen (secondary N) is 1. The number of piperidine rings is 1. The van der Waals surface area contributed by atoms with Crippen LogP contribution in [-0.4, -0.2) is 39.2 Å². The summed E-state index contributed by atoms with van der Waals surface area (Å²) < 4.78 is 22.9. The van der Waals surface area contributed by atoms with Crippen LogP contribution in [0.2, 0.25) is 0 Å². The Balaban J connectivity index is 2.34. The molecule has 2 rings (SSSR count). The van der Waals surface area contributed by atoms with Crippen molar-refractivity contribution in [1.82, 2.24) is 0 Å². The van der Waals surface area contributed by atoms with Crippen LogP contribution in [0.15, 0.2) is 30.0 Å². The summed E-state index contributed by atoms with van der Waals surface area (Å²) in [5.41, 5.74) is 1.06. The Morgan fingerprint density at radius 1 is 1.17 bits per heavy atom. The van der Waals surface area contributed by atoms with Crippen molar-refractivity contribution in [2.45, 2.75) is 19.3 Å². The molecule has 0 amide bonds. The number of benzene rings is 1. The lowest BCUT2D eigenvalue weighted by molar-refractivity contribution is -0.138. The van der Waals surface area contributed by atoms with Crippen molar-refractivity contribution >= 4 is 23.3 Å². The zero-order chi connectivity index (χ0) is 17.5. The molecule has 1 aliphatic heterocycles. The van der Waals surface area contributed by atoms with Crippen molar-refractivity contribution in [1.29, 1.82) is 0 Å². The van der Waals surface area contributed by atoms with Crippen molar-refractivity contribution in [2.75, 3.05) is 37.5 Å². The lowest BCUT2D eigenvalue weighted by atomic mass is 10.1. The molecule has 130 valence electrons. The normalized spacial score (nSPS) is 15.0. The molecule has 0 radical (unpaired) electrons. The van der Waals surface area contributed by atoms with Gasteiger partial charge in [-0.05, 0) is 37.5 Å². The summed E-state index contributed by atoms with van der Waals surface area (Å²) in [6, 6.07) is 4.32. The van der Waals surface area contributed by atoms with Gasteiger partial charge in [-0.25, -0.2) is 14.0 Å². The Labute approximate surface area is 140 Å². The van der Waals surface area contributed by atoms with E-state index in [9.17, 15) is 14.0 Å². The van der Waals surface area contributed by atoms with E-state index in [0.29, 0.717) is 5.69 Å². The second-order valence-electron chi connectivity index (χ2n) is 5.41. The fourth-order valence-electron chi connectivity index (χ4n) is 2.60. The number of anilines is 2. The Bertz CT molecular complexity index is 639. The Morgan fingerprint density at radius 3 is 2.50 bits per heavy atom. The van der Waals surface area contributed by atoms with Crippen LogP contribution in [-0.2, 0) is 19.1 Å². The lowest BCUT2D eigenvalue weighted by Crippen LogP contribution is -2.30. The van der Waals surface area contributed by atoms with Gasteiger partial charge in [-0.3, -0.25) is 0 Å². The number of hydrogen-bond acceptors (Lipinski definition) is 6. The third-order valence-corrected chi connectivity index (χ3v) is 3.79. The second kappa shape index (κ2) is 8.33. The van der Waals surface area contributed by atoms with E-state index in [0.717, 1.165) is 44.1 Å². The fraction of sp³-hybridized carbons (Fsp3) is 0.412. The van der Waals surface area contributed by atoms with Gasteiger partial charge >= 0.3 is 11.9 Å². The molecule has 6 nitrogen and oxygen atoms in total. The van der Waals surface area contributed by atoms with Crippen LogP contribution in [0.4, 0.5) is 15.8 Å². The summed E-state index contributed by atoms with van der Waals surface area (Å²) in [4.78, 5) is 25.5. The number of hydrogen-bond donors (Lipinski definition) is 1. The molecule has 0 unspecified atom stereocenters. The van der Waals surface area contributed by atoms with Crippen molar-refractivity contribution in [3.8, 4) is 0 Å². The van der Waals surface area contributed by atoms with Gasteiger partial charge in [0, 0.05) is 13.1 Å². The van der Waals surface area contributed by atoms with E-state index in [1.165, 1.54) is 26.4 Å². The van der Waals surface area contributed by atoms with Gasteiger partial charge in [0.05, 0.1) is 31.7 Å². The van der Waals surface area contributed by atoms with Gasteiger partial charge in [0.25, 0.3) is 0 Å². The molecule has 0 spiro atoms. The van der Waals surface area contributed by atoms with Gasteiger partial charge in [0.15, 0.2) is 0 Å². The van der Waals surface area contributed by atoms with E-state index in [1.807, 2.05) is 0 Å². The van der Waals surface area contributed by atoms with Gasteiger partial charge < -0.3 is 19.7 Å². The maximum absolute atomic E-state index is 13.7. The van der Waals surface area contributed by atoms with Crippen LogP contribution in [0.1, 0.15) is 19.3 Å². The predicted molar refractivity (Wildman–Crippen MR) is 88.2 cm³/mol. The zero-order valence-corrected chi connectivity index (χ0v) is 13.8. The summed E-state index contributed by atoms with van der Waals surface area (Å²) in [6.45, 7) is 1.71. The first-order chi connectivity index (χ1) is 11.5. The van der Waals surface area contributed by atoms with Gasteiger partial charge in [-0.15, -0.1) is 0 Å². The predicted octanol–water partition coefficient (Wildman–Crippen LogP) is 2.46. The minimum Gasteiger partial charge on any atom is -0.466 e. The average Bonchev–Trinajstić information content (AvgIpc) is 2.61. The van der Waals surface area contributed by atoms with Crippen LogP contribution in [0.5, 0.6) is 0 Å². The summed E-state index contributed by atoms with van der Waals surface area (Å²) in [6.07, 6.45) is 4.25. The number of nitrogens with zero attached hydrogens (tertiary/aromatic N) is 1. The van der Waals surface area contributed by atoms with Crippen LogP contribution < -0.4 is 10.2 Å². The van der Waals surface area contributed by atoms with Crippen LogP contribution in [0.3, 0.4) is 0 Å². The quantitative estimate of drug-likeness (QED) is 0.658. The van der Waals surface area contributed by atoms with Gasteiger partial charge in [0.2, 0.25) is 0 Å². The van der Waals surface area contributed by atoms with E-state index in [-0.39, 0.29) is 5.70 Å². The van der Waals surface area contributed by atoms with Crippen molar-refractivity contribution < 1.29 is 23.5 Å². The van der Waals surface area contributed by atoms with Crippen molar-refractivity contribution in [2.24, 2.45) is 0 Å². The molecule has 1 fully saturated rings. The van der Waals surface area contributed by atoms with Gasteiger partial charge in [-0.2, -0.15) is 0 Å². The average molecular weight is 336 g/mol. The highest BCUT2D eigenvalue weighted by Gasteiger charge is 2.19. The molecule has 0 aromatic heterocycles. The maximum Gasteiger partial charge on any atom is 0.354 e. The van der Waals surface area contributed by atoms with E-state index in [1.54, 1.807) is 6.07 Å². The van der Waals surface area contributed by atoms with E-state index >= 15 is 0 Å². The molecule has 1 aromatic rings.